The summed E-state index contributed by atoms with van der Waals surface area (Å²) in [6.45, 7) is 3.51. The van der Waals surface area contributed by atoms with Crippen molar-refractivity contribution < 1.29 is 14.7 Å². The Kier molecular flexibility index (Phi) is 8.10. The van der Waals surface area contributed by atoms with E-state index in [0.717, 1.165) is 5.56 Å². The largest absolute Gasteiger partial charge is 0.478 e. The average Bonchev–Trinajstić information content (AvgIpc) is 2.80. The van der Waals surface area contributed by atoms with Gasteiger partial charge in [-0.3, -0.25) is 19.6 Å². The molecule has 0 saturated carbocycles. The summed E-state index contributed by atoms with van der Waals surface area (Å²) >= 11 is 3.37. The van der Waals surface area contributed by atoms with Crippen molar-refractivity contribution in [3.8, 4) is 11.3 Å². The molecule has 0 spiro atoms. The first-order valence-corrected chi connectivity index (χ1v) is 11.7. The number of rotatable bonds is 9. The van der Waals surface area contributed by atoms with E-state index in [1.54, 1.807) is 24.3 Å². The third-order valence-electron chi connectivity index (χ3n) is 5.08. The topological polar surface area (TPSA) is 189 Å². The van der Waals surface area contributed by atoms with Crippen LogP contribution in [0.1, 0.15) is 35.3 Å². The van der Waals surface area contributed by atoms with Crippen LogP contribution in [0.3, 0.4) is 0 Å². The van der Waals surface area contributed by atoms with Crippen LogP contribution in [0.4, 0.5) is 11.5 Å². The molecule has 0 fully saturated rings. The Labute approximate surface area is 215 Å². The summed E-state index contributed by atoms with van der Waals surface area (Å²) in [7, 11) is 0. The van der Waals surface area contributed by atoms with Gasteiger partial charge in [0.05, 0.1) is 11.3 Å². The number of nitrogens with two attached hydrogens (primary N) is 2. The fourth-order valence-electron chi connectivity index (χ4n) is 3.45. The van der Waals surface area contributed by atoms with E-state index in [2.05, 4.69) is 31.5 Å². The van der Waals surface area contributed by atoms with E-state index in [1.807, 2.05) is 13.8 Å². The zero-order valence-electron chi connectivity index (χ0n) is 19.6. The number of carboxylic acid groups (broad SMARTS) is 1. The summed E-state index contributed by atoms with van der Waals surface area (Å²) in [6.07, 6.45) is 0. The van der Waals surface area contributed by atoms with Gasteiger partial charge in [-0.15, -0.1) is 0 Å². The third-order valence-corrected chi connectivity index (χ3v) is 5.63. The molecule has 0 aliphatic heterocycles. The molecule has 36 heavy (non-hydrogen) atoms. The van der Waals surface area contributed by atoms with Crippen LogP contribution in [0.5, 0.6) is 0 Å². The van der Waals surface area contributed by atoms with Crippen molar-refractivity contribution in [2.75, 3.05) is 11.1 Å². The van der Waals surface area contributed by atoms with E-state index >= 15 is 0 Å². The fraction of sp³-hybridized carbons (Fsp3) is 0.208. The molecule has 0 bridgehead atoms. The highest BCUT2D eigenvalue weighted by atomic mass is 79.9. The highest BCUT2D eigenvalue weighted by Crippen LogP contribution is 2.29. The first-order valence-electron chi connectivity index (χ1n) is 10.9. The number of carbonyl (C=O) groups excluding carboxylic acids is 1. The molecule has 3 aromatic rings. The minimum absolute atomic E-state index is 0.0376. The van der Waals surface area contributed by atoms with Crippen molar-refractivity contribution in [2.45, 2.75) is 33.0 Å². The Hall–Kier alpha value is -4.19. The lowest BCUT2D eigenvalue weighted by atomic mass is 10.1. The molecular formula is C24H26BrN7O4. The smallest absolute Gasteiger partial charge is 0.335 e. The molecule has 188 valence electrons. The molecule has 11 nitrogen and oxygen atoms in total. The summed E-state index contributed by atoms with van der Waals surface area (Å²) < 4.78 is 1.45. The van der Waals surface area contributed by atoms with Crippen LogP contribution in [0.25, 0.3) is 11.3 Å². The Morgan fingerprint density at radius 1 is 1.17 bits per heavy atom. The number of aromatic nitrogens is 2. The lowest BCUT2D eigenvalue weighted by Gasteiger charge is -2.18. The number of amidine groups is 1. The minimum atomic E-state index is -1.19. The van der Waals surface area contributed by atoms with Crippen molar-refractivity contribution in [1.82, 2.24) is 14.9 Å². The number of anilines is 2. The number of carbonyl (C=O) groups is 2. The lowest BCUT2D eigenvalue weighted by Crippen LogP contribution is -2.35. The van der Waals surface area contributed by atoms with Gasteiger partial charge >= 0.3 is 5.97 Å². The van der Waals surface area contributed by atoms with E-state index in [-0.39, 0.29) is 52.3 Å². The number of halogens is 1. The number of nitrogens with zero attached hydrogens (tertiary/aromatic N) is 2. The first-order chi connectivity index (χ1) is 17.0. The van der Waals surface area contributed by atoms with Gasteiger partial charge in [0.1, 0.15) is 17.0 Å². The van der Waals surface area contributed by atoms with E-state index in [1.165, 1.54) is 22.8 Å². The molecule has 0 atom stereocenters. The van der Waals surface area contributed by atoms with Crippen LogP contribution in [-0.2, 0) is 17.9 Å². The first kappa shape index (κ1) is 26.4. The molecule has 1 amide bonds. The number of hydrogen-bond acceptors (Lipinski definition) is 7. The second kappa shape index (κ2) is 11.0. The Morgan fingerprint density at radius 2 is 1.83 bits per heavy atom. The number of carboxylic acids is 1. The summed E-state index contributed by atoms with van der Waals surface area (Å²) in [6, 6.07) is 10.9. The second-order valence-electron chi connectivity index (χ2n) is 8.33. The van der Waals surface area contributed by atoms with Gasteiger partial charge in [-0.1, -0.05) is 24.3 Å². The van der Waals surface area contributed by atoms with Crippen molar-refractivity contribution in [2.24, 2.45) is 5.73 Å². The van der Waals surface area contributed by atoms with Crippen LogP contribution in [-0.4, -0.2) is 38.4 Å². The number of nitrogens with one attached hydrogen (secondary N) is 3. The van der Waals surface area contributed by atoms with E-state index in [4.69, 9.17) is 16.9 Å². The summed E-state index contributed by atoms with van der Waals surface area (Å²) in [5.74, 6) is -1.66. The standard InChI is InChI=1S/C24H26BrN7O4/c1-12(2)30-22-23(34)32(11-18(33)29-10-13-3-5-14(6-4-13)21(27)28)19(20(25)31-22)15-7-16(24(35)36)9-17(26)8-15/h3-9,12H,10-11,26H2,1-2H3,(H3,27,28)(H,29,33)(H,30,31)(H,35,36). The molecule has 0 saturated heterocycles. The molecule has 1 aromatic heterocycles. The molecule has 3 rings (SSSR count). The van der Waals surface area contributed by atoms with Crippen LogP contribution < -0.4 is 27.7 Å². The molecule has 1 heterocycles. The Balaban J connectivity index is 1.99. The van der Waals surface area contributed by atoms with Gasteiger partial charge in [0.2, 0.25) is 5.91 Å². The maximum atomic E-state index is 13.3. The molecular weight excluding hydrogens is 530 g/mol. The molecule has 8 N–H and O–H groups in total. The summed E-state index contributed by atoms with van der Waals surface area (Å²) in [4.78, 5) is 42.1. The molecule has 0 unspecified atom stereocenters. The quantitative estimate of drug-likeness (QED) is 0.132. The number of amides is 1. The normalized spacial score (nSPS) is 10.8. The predicted molar refractivity (Wildman–Crippen MR) is 141 cm³/mol. The molecule has 0 radical (unpaired) electrons. The van der Waals surface area contributed by atoms with Gasteiger partial charge in [0.25, 0.3) is 5.56 Å². The van der Waals surface area contributed by atoms with Gasteiger partial charge < -0.3 is 27.2 Å². The Bertz CT molecular complexity index is 1380. The zero-order chi connectivity index (χ0) is 26.6. The highest BCUT2D eigenvalue weighted by molar-refractivity contribution is 9.10. The van der Waals surface area contributed by atoms with E-state index in [9.17, 15) is 19.5 Å². The molecule has 2 aromatic carbocycles. The van der Waals surface area contributed by atoms with Crippen molar-refractivity contribution in [3.63, 3.8) is 0 Å². The number of benzene rings is 2. The van der Waals surface area contributed by atoms with Gasteiger partial charge in [-0.2, -0.15) is 0 Å². The monoisotopic (exact) mass is 555 g/mol. The van der Waals surface area contributed by atoms with Gasteiger partial charge in [-0.05, 0) is 53.5 Å². The van der Waals surface area contributed by atoms with Gasteiger partial charge in [0.15, 0.2) is 5.82 Å². The van der Waals surface area contributed by atoms with Gasteiger partial charge in [-0.25, -0.2) is 9.78 Å². The maximum Gasteiger partial charge on any atom is 0.335 e. The lowest BCUT2D eigenvalue weighted by molar-refractivity contribution is -0.121. The zero-order valence-corrected chi connectivity index (χ0v) is 21.2. The molecule has 0 aliphatic carbocycles. The predicted octanol–water partition coefficient (Wildman–Crippen LogP) is 2.37. The molecule has 12 heteroatoms. The highest BCUT2D eigenvalue weighted by Gasteiger charge is 2.21. The summed E-state index contributed by atoms with van der Waals surface area (Å²) in [5.41, 5.74) is 12.8. The second-order valence-corrected chi connectivity index (χ2v) is 9.08. The number of aromatic carboxylic acids is 1. The SMILES string of the molecule is CC(C)Nc1nc(Br)c(-c2cc(N)cc(C(=O)O)c2)n(CC(=O)NCc2ccc(C(=N)N)cc2)c1=O. The van der Waals surface area contributed by atoms with Crippen molar-refractivity contribution in [1.29, 1.82) is 5.41 Å². The van der Waals surface area contributed by atoms with Crippen LogP contribution in [0, 0.1) is 5.41 Å². The summed E-state index contributed by atoms with van der Waals surface area (Å²) in [5, 5.41) is 22.6. The van der Waals surface area contributed by atoms with Gasteiger partial charge in [0, 0.05) is 29.4 Å². The number of nitrogen functional groups attached to an aromatic ring is 2. The third kappa shape index (κ3) is 6.27. The fourth-order valence-corrected chi connectivity index (χ4v) is 4.07. The van der Waals surface area contributed by atoms with Crippen LogP contribution >= 0.6 is 15.9 Å². The van der Waals surface area contributed by atoms with Crippen LogP contribution in [0.2, 0.25) is 0 Å². The number of hydrogen-bond donors (Lipinski definition) is 6. The molecule has 0 aliphatic rings. The maximum absolute atomic E-state index is 13.3. The van der Waals surface area contributed by atoms with E-state index < -0.39 is 17.4 Å². The van der Waals surface area contributed by atoms with Crippen molar-refractivity contribution in [3.05, 3.63) is 74.1 Å². The van der Waals surface area contributed by atoms with E-state index in [0.29, 0.717) is 11.1 Å². The minimum Gasteiger partial charge on any atom is -0.478 e. The van der Waals surface area contributed by atoms with Crippen LogP contribution in [0.15, 0.2) is 51.9 Å². The van der Waals surface area contributed by atoms with Crippen molar-refractivity contribution >= 4 is 45.1 Å². The Morgan fingerprint density at radius 3 is 2.42 bits per heavy atom. The average molecular weight is 556 g/mol.